The minimum absolute atomic E-state index is 0.248. The van der Waals surface area contributed by atoms with Crippen LogP contribution >= 0.6 is 0 Å². The summed E-state index contributed by atoms with van der Waals surface area (Å²) in [5, 5.41) is 14.0. The van der Waals surface area contributed by atoms with Gasteiger partial charge >= 0.3 is 12.0 Å². The average Bonchev–Trinajstić information content (AvgIpc) is 2.32. The van der Waals surface area contributed by atoms with Gasteiger partial charge in [0.2, 0.25) is 11.8 Å². The number of rotatable bonds is 3. The molecule has 21 heavy (non-hydrogen) atoms. The van der Waals surface area contributed by atoms with E-state index < -0.39 is 40.8 Å². The monoisotopic (exact) mass is 299 g/mol. The molecule has 8 nitrogen and oxygen atoms in total. The van der Waals surface area contributed by atoms with Gasteiger partial charge in [-0.15, -0.1) is 0 Å². The maximum atomic E-state index is 12.3. The average molecular weight is 299 g/mol. The standard InChI is InChI=1S/C13H21N3O5/c1-7-9(18)14-8(17)6-16(7)11(21)15-13(4,5)12(2,3)10(19)20/h7H,6H2,1-5H3,(H,15,21)(H,19,20)(H,14,17,18). The van der Waals surface area contributed by atoms with E-state index in [1.807, 2.05) is 0 Å². The van der Waals surface area contributed by atoms with Crippen LogP contribution in [-0.2, 0) is 14.4 Å². The number of amides is 4. The predicted molar refractivity (Wildman–Crippen MR) is 73.3 cm³/mol. The molecule has 3 N–H and O–H groups in total. The van der Waals surface area contributed by atoms with Gasteiger partial charge in [-0.1, -0.05) is 0 Å². The molecule has 0 aromatic rings. The highest BCUT2D eigenvalue weighted by Crippen LogP contribution is 2.31. The molecule has 1 atom stereocenters. The number of piperazine rings is 1. The molecule has 4 amide bonds. The second-order valence-corrected chi connectivity index (χ2v) is 6.20. The molecule has 1 saturated heterocycles. The van der Waals surface area contributed by atoms with Gasteiger partial charge in [-0.05, 0) is 34.6 Å². The van der Waals surface area contributed by atoms with E-state index in [1.165, 1.54) is 20.8 Å². The number of aliphatic carboxylic acids is 1. The summed E-state index contributed by atoms with van der Waals surface area (Å²) in [6.07, 6.45) is 0. The smallest absolute Gasteiger partial charge is 0.318 e. The van der Waals surface area contributed by atoms with Crippen LogP contribution in [0.3, 0.4) is 0 Å². The normalized spacial score (nSPS) is 20.0. The second-order valence-electron chi connectivity index (χ2n) is 6.20. The molecule has 0 bridgehead atoms. The lowest BCUT2D eigenvalue weighted by Gasteiger charge is -2.41. The van der Waals surface area contributed by atoms with Crippen molar-refractivity contribution in [1.82, 2.24) is 15.5 Å². The first-order valence-electron chi connectivity index (χ1n) is 6.56. The van der Waals surface area contributed by atoms with Gasteiger partial charge in [0.05, 0.1) is 11.0 Å². The lowest BCUT2D eigenvalue weighted by Crippen LogP contribution is -2.65. The summed E-state index contributed by atoms with van der Waals surface area (Å²) in [5.41, 5.74) is -2.30. The Labute approximate surface area is 122 Å². The minimum Gasteiger partial charge on any atom is -0.481 e. The van der Waals surface area contributed by atoms with Gasteiger partial charge in [0.15, 0.2) is 0 Å². The van der Waals surface area contributed by atoms with Gasteiger partial charge in [-0.2, -0.15) is 0 Å². The number of urea groups is 1. The van der Waals surface area contributed by atoms with E-state index in [0.29, 0.717) is 0 Å². The fourth-order valence-electron chi connectivity index (χ4n) is 1.72. The number of nitrogens with zero attached hydrogens (tertiary/aromatic N) is 1. The minimum atomic E-state index is -1.23. The third-order valence-corrected chi connectivity index (χ3v) is 4.20. The maximum absolute atomic E-state index is 12.3. The van der Waals surface area contributed by atoms with E-state index in [0.717, 1.165) is 4.90 Å². The lowest BCUT2D eigenvalue weighted by molar-refractivity contribution is -0.151. The summed E-state index contributed by atoms with van der Waals surface area (Å²) >= 11 is 0. The van der Waals surface area contributed by atoms with Crippen molar-refractivity contribution < 1.29 is 24.3 Å². The van der Waals surface area contributed by atoms with Gasteiger partial charge in [0, 0.05) is 0 Å². The maximum Gasteiger partial charge on any atom is 0.318 e. The van der Waals surface area contributed by atoms with E-state index >= 15 is 0 Å². The molecule has 1 aliphatic rings. The molecule has 0 spiro atoms. The molecule has 1 heterocycles. The van der Waals surface area contributed by atoms with Crippen molar-refractivity contribution in [1.29, 1.82) is 0 Å². The Kier molecular flexibility index (Phi) is 4.31. The summed E-state index contributed by atoms with van der Waals surface area (Å²) in [4.78, 5) is 47.6. The molecule has 0 aromatic carbocycles. The van der Waals surface area contributed by atoms with Crippen molar-refractivity contribution in [2.45, 2.75) is 46.2 Å². The van der Waals surface area contributed by atoms with Crippen LogP contribution in [0, 0.1) is 5.41 Å². The van der Waals surface area contributed by atoms with Crippen molar-refractivity contribution in [2.24, 2.45) is 5.41 Å². The number of carboxylic acids is 1. The summed E-state index contributed by atoms with van der Waals surface area (Å²) in [7, 11) is 0. The van der Waals surface area contributed by atoms with Crippen LogP contribution in [0.2, 0.25) is 0 Å². The quantitative estimate of drug-likeness (QED) is 0.631. The molecule has 118 valence electrons. The number of imide groups is 1. The van der Waals surface area contributed by atoms with Crippen LogP contribution in [0.15, 0.2) is 0 Å². The molecule has 1 aliphatic heterocycles. The zero-order chi connectivity index (χ0) is 16.6. The SMILES string of the molecule is CC1C(=O)NC(=O)CN1C(=O)NC(C)(C)C(C)(C)C(=O)O. The highest BCUT2D eigenvalue weighted by Gasteiger charge is 2.46. The third kappa shape index (κ3) is 3.14. The Hall–Kier alpha value is -2.12. The number of hydrogen-bond acceptors (Lipinski definition) is 4. The van der Waals surface area contributed by atoms with Crippen molar-refractivity contribution in [3.05, 3.63) is 0 Å². The first kappa shape index (κ1) is 16.9. The molecule has 1 unspecified atom stereocenters. The first-order chi connectivity index (χ1) is 9.40. The summed E-state index contributed by atoms with van der Waals surface area (Å²) in [5.74, 6) is -2.19. The second kappa shape index (κ2) is 5.34. The van der Waals surface area contributed by atoms with Crippen LogP contribution in [0.4, 0.5) is 4.79 Å². The zero-order valence-corrected chi connectivity index (χ0v) is 12.8. The lowest BCUT2D eigenvalue weighted by atomic mass is 9.74. The predicted octanol–water partition coefficient (Wildman–Crippen LogP) is -0.0677. The van der Waals surface area contributed by atoms with Gasteiger partial charge in [-0.3, -0.25) is 19.7 Å². The molecule has 1 fully saturated rings. The molecular formula is C13H21N3O5. The number of nitrogens with one attached hydrogen (secondary N) is 2. The van der Waals surface area contributed by atoms with Crippen LogP contribution in [0.5, 0.6) is 0 Å². The highest BCUT2D eigenvalue weighted by atomic mass is 16.4. The molecular weight excluding hydrogens is 278 g/mol. The summed E-state index contributed by atoms with van der Waals surface area (Å²) < 4.78 is 0. The van der Waals surface area contributed by atoms with Gasteiger partial charge in [-0.25, -0.2) is 4.79 Å². The Morgan fingerprint density at radius 3 is 2.29 bits per heavy atom. The van der Waals surface area contributed by atoms with Crippen molar-refractivity contribution in [3.63, 3.8) is 0 Å². The molecule has 8 heteroatoms. The number of carbonyl (C=O) groups is 4. The topological polar surface area (TPSA) is 116 Å². The van der Waals surface area contributed by atoms with Crippen LogP contribution < -0.4 is 10.6 Å². The van der Waals surface area contributed by atoms with Crippen LogP contribution in [0.25, 0.3) is 0 Å². The summed E-state index contributed by atoms with van der Waals surface area (Å²) in [6, 6.07) is -1.45. The van der Waals surface area contributed by atoms with Crippen LogP contribution in [0.1, 0.15) is 34.6 Å². The van der Waals surface area contributed by atoms with Gasteiger partial charge in [0.1, 0.15) is 12.6 Å². The van der Waals surface area contributed by atoms with E-state index in [4.69, 9.17) is 0 Å². The van der Waals surface area contributed by atoms with Crippen molar-refractivity contribution in [2.75, 3.05) is 6.54 Å². The number of hydrogen-bond donors (Lipinski definition) is 3. The summed E-state index contributed by atoms with van der Waals surface area (Å²) in [6.45, 7) is 7.39. The van der Waals surface area contributed by atoms with Crippen molar-refractivity contribution in [3.8, 4) is 0 Å². The Balaban J connectivity index is 2.92. The third-order valence-electron chi connectivity index (χ3n) is 4.20. The molecule has 0 radical (unpaired) electrons. The Morgan fingerprint density at radius 1 is 1.29 bits per heavy atom. The Morgan fingerprint density at radius 2 is 1.81 bits per heavy atom. The Bertz CT molecular complexity index is 498. The van der Waals surface area contributed by atoms with E-state index in [9.17, 15) is 24.3 Å². The largest absolute Gasteiger partial charge is 0.481 e. The first-order valence-corrected chi connectivity index (χ1v) is 6.56. The molecule has 0 aliphatic carbocycles. The van der Waals surface area contributed by atoms with E-state index in [2.05, 4.69) is 10.6 Å². The zero-order valence-electron chi connectivity index (χ0n) is 12.8. The van der Waals surface area contributed by atoms with E-state index in [-0.39, 0.29) is 6.54 Å². The number of carbonyl (C=O) groups excluding carboxylic acids is 3. The number of carboxylic acid groups (broad SMARTS) is 1. The highest BCUT2D eigenvalue weighted by molar-refractivity contribution is 6.04. The molecule has 1 rings (SSSR count). The van der Waals surface area contributed by atoms with Crippen LogP contribution in [-0.4, -0.2) is 51.9 Å². The fourth-order valence-corrected chi connectivity index (χ4v) is 1.72. The fraction of sp³-hybridized carbons (Fsp3) is 0.692. The molecule has 0 aromatic heterocycles. The van der Waals surface area contributed by atoms with E-state index in [1.54, 1.807) is 13.8 Å². The molecule has 0 saturated carbocycles. The van der Waals surface area contributed by atoms with Gasteiger partial charge < -0.3 is 15.3 Å². The van der Waals surface area contributed by atoms with Crippen molar-refractivity contribution >= 4 is 23.8 Å². The van der Waals surface area contributed by atoms with Gasteiger partial charge in [0.25, 0.3) is 0 Å².